The number of nitrogens with one attached hydrogen (secondary N) is 1. The Balaban J connectivity index is 1.97. The molecule has 1 aliphatic heterocycles. The zero-order valence-corrected chi connectivity index (χ0v) is 11.2. The maximum atomic E-state index is 6.01. The Labute approximate surface area is 107 Å². The van der Waals surface area contributed by atoms with E-state index in [9.17, 15) is 0 Å². The summed E-state index contributed by atoms with van der Waals surface area (Å²) in [6.07, 6.45) is 3.60. The van der Waals surface area contributed by atoms with Crippen LogP contribution in [-0.2, 0) is 9.31 Å². The predicted octanol–water partition coefficient (Wildman–Crippen LogP) is 1.86. The number of rotatable bonds is 1. The van der Waals surface area contributed by atoms with Crippen LogP contribution in [0.15, 0.2) is 24.5 Å². The first-order chi connectivity index (χ1) is 8.39. The molecule has 0 bridgehead atoms. The first-order valence-electron chi connectivity index (χ1n) is 6.17. The van der Waals surface area contributed by atoms with Gasteiger partial charge in [0, 0.05) is 28.9 Å². The molecule has 3 rings (SSSR count). The third kappa shape index (κ3) is 1.66. The van der Waals surface area contributed by atoms with Crippen molar-refractivity contribution in [2.75, 3.05) is 0 Å². The summed E-state index contributed by atoms with van der Waals surface area (Å²) in [4.78, 5) is 7.43. The molecular weight excluding hydrogens is 227 g/mol. The molecule has 2 aromatic heterocycles. The van der Waals surface area contributed by atoms with E-state index in [2.05, 4.69) is 37.7 Å². The van der Waals surface area contributed by atoms with E-state index in [1.807, 2.05) is 18.3 Å². The molecule has 94 valence electrons. The molecule has 1 aliphatic rings. The van der Waals surface area contributed by atoms with Gasteiger partial charge in [-0.3, -0.25) is 4.98 Å². The molecule has 0 atom stereocenters. The minimum atomic E-state index is -0.345. The van der Waals surface area contributed by atoms with E-state index in [0.29, 0.717) is 0 Å². The largest absolute Gasteiger partial charge is 0.512 e. The number of hydrogen-bond donors (Lipinski definition) is 1. The first-order valence-corrected chi connectivity index (χ1v) is 6.17. The average Bonchev–Trinajstić information content (AvgIpc) is 2.78. The summed E-state index contributed by atoms with van der Waals surface area (Å²) in [6.45, 7) is 8.21. The van der Waals surface area contributed by atoms with Crippen molar-refractivity contribution in [3.8, 4) is 0 Å². The maximum absolute atomic E-state index is 6.01. The highest BCUT2D eigenvalue weighted by Gasteiger charge is 2.52. The lowest BCUT2D eigenvalue weighted by molar-refractivity contribution is 0.00578. The fourth-order valence-corrected chi connectivity index (χ4v) is 2.09. The average molecular weight is 244 g/mol. The van der Waals surface area contributed by atoms with Crippen LogP contribution in [0.1, 0.15) is 27.7 Å². The number of H-pyrrole nitrogens is 1. The third-order valence-electron chi connectivity index (χ3n) is 3.95. The fraction of sp³-hybridized carbons (Fsp3) is 0.462. The van der Waals surface area contributed by atoms with Crippen molar-refractivity contribution in [3.05, 3.63) is 24.5 Å². The maximum Gasteiger partial charge on any atom is 0.512 e. The molecule has 1 N–H and O–H groups in total. The number of aromatic amines is 1. The Bertz CT molecular complexity index is 542. The number of nitrogens with zero attached hydrogens (tertiary/aromatic N) is 1. The zero-order valence-electron chi connectivity index (χ0n) is 11.2. The molecule has 0 radical (unpaired) electrons. The van der Waals surface area contributed by atoms with Crippen molar-refractivity contribution < 1.29 is 9.31 Å². The molecule has 0 saturated carbocycles. The van der Waals surface area contributed by atoms with Gasteiger partial charge in [0.1, 0.15) is 0 Å². The lowest BCUT2D eigenvalue weighted by Gasteiger charge is -2.32. The van der Waals surface area contributed by atoms with Gasteiger partial charge in [-0.05, 0) is 39.8 Å². The van der Waals surface area contributed by atoms with Gasteiger partial charge in [-0.25, -0.2) is 0 Å². The van der Waals surface area contributed by atoms with Gasteiger partial charge < -0.3 is 14.3 Å². The van der Waals surface area contributed by atoms with Crippen LogP contribution in [0.4, 0.5) is 0 Å². The van der Waals surface area contributed by atoms with Crippen LogP contribution in [0.5, 0.6) is 0 Å². The fourth-order valence-electron chi connectivity index (χ4n) is 2.09. The van der Waals surface area contributed by atoms with Crippen LogP contribution in [0.25, 0.3) is 10.9 Å². The van der Waals surface area contributed by atoms with Crippen molar-refractivity contribution in [3.63, 3.8) is 0 Å². The molecule has 0 unspecified atom stereocenters. The Morgan fingerprint density at radius 1 is 1.17 bits per heavy atom. The summed E-state index contributed by atoms with van der Waals surface area (Å²) in [6, 6.07) is 3.98. The second kappa shape index (κ2) is 3.59. The summed E-state index contributed by atoms with van der Waals surface area (Å²) in [7, 11) is -0.345. The van der Waals surface area contributed by atoms with Crippen LogP contribution in [0.3, 0.4) is 0 Å². The predicted molar refractivity (Wildman–Crippen MR) is 71.8 cm³/mol. The molecule has 5 heteroatoms. The van der Waals surface area contributed by atoms with E-state index in [-0.39, 0.29) is 18.3 Å². The van der Waals surface area contributed by atoms with Crippen LogP contribution in [0.2, 0.25) is 0 Å². The number of hydrogen-bond acceptors (Lipinski definition) is 3. The molecule has 0 amide bonds. The lowest BCUT2D eigenvalue weighted by atomic mass is 9.85. The summed E-state index contributed by atoms with van der Waals surface area (Å²) >= 11 is 0. The monoisotopic (exact) mass is 244 g/mol. The van der Waals surface area contributed by atoms with E-state index in [1.54, 1.807) is 6.20 Å². The highest BCUT2D eigenvalue weighted by molar-refractivity contribution is 6.61. The Morgan fingerprint density at radius 2 is 1.83 bits per heavy atom. The molecule has 18 heavy (non-hydrogen) atoms. The molecule has 0 aromatic carbocycles. The number of fused-ring (bicyclic) bond motifs is 1. The van der Waals surface area contributed by atoms with Gasteiger partial charge >= 0.3 is 7.12 Å². The molecular formula is C13H17BN2O2. The quantitative estimate of drug-likeness (QED) is 0.779. The standard InChI is InChI=1S/C13H17BN2O2/c1-12(2)13(3,4)18-14(17-12)11-7-9-8-15-6-5-10(9)16-11/h5-8,16H,1-4H3. The summed E-state index contributed by atoms with van der Waals surface area (Å²) in [5.74, 6) is 0. The van der Waals surface area contributed by atoms with Crippen LogP contribution >= 0.6 is 0 Å². The molecule has 2 aromatic rings. The van der Waals surface area contributed by atoms with Crippen molar-refractivity contribution >= 4 is 23.6 Å². The number of aromatic nitrogens is 2. The Kier molecular flexibility index (Phi) is 2.34. The van der Waals surface area contributed by atoms with Gasteiger partial charge in [0.15, 0.2) is 0 Å². The topological polar surface area (TPSA) is 47.1 Å². The van der Waals surface area contributed by atoms with Crippen LogP contribution in [-0.4, -0.2) is 28.3 Å². The minimum Gasteiger partial charge on any atom is -0.398 e. The van der Waals surface area contributed by atoms with Crippen molar-refractivity contribution in [2.24, 2.45) is 0 Å². The van der Waals surface area contributed by atoms with Gasteiger partial charge in [-0.2, -0.15) is 0 Å². The Hall–Kier alpha value is -1.33. The highest BCUT2D eigenvalue weighted by atomic mass is 16.7. The van der Waals surface area contributed by atoms with E-state index >= 15 is 0 Å². The van der Waals surface area contributed by atoms with Crippen molar-refractivity contribution in [2.45, 2.75) is 38.9 Å². The van der Waals surface area contributed by atoms with Crippen molar-refractivity contribution in [1.29, 1.82) is 0 Å². The van der Waals surface area contributed by atoms with Crippen LogP contribution in [0, 0.1) is 0 Å². The Morgan fingerprint density at radius 3 is 2.44 bits per heavy atom. The SMILES string of the molecule is CC1(C)OB(c2cc3cnccc3[nH]2)OC1(C)C. The smallest absolute Gasteiger partial charge is 0.398 e. The summed E-state index contributed by atoms with van der Waals surface area (Å²) < 4.78 is 12.0. The normalized spacial score (nSPS) is 21.7. The molecule has 1 saturated heterocycles. The second-order valence-corrected chi connectivity index (χ2v) is 5.78. The van der Waals surface area contributed by atoms with Gasteiger partial charge in [0.2, 0.25) is 0 Å². The first kappa shape index (κ1) is 11.7. The van der Waals surface area contributed by atoms with Gasteiger partial charge in [0.25, 0.3) is 0 Å². The number of pyridine rings is 1. The van der Waals surface area contributed by atoms with E-state index in [0.717, 1.165) is 16.5 Å². The lowest BCUT2D eigenvalue weighted by Crippen LogP contribution is -2.41. The van der Waals surface area contributed by atoms with E-state index in [1.165, 1.54) is 0 Å². The second-order valence-electron chi connectivity index (χ2n) is 5.78. The molecule has 3 heterocycles. The molecule has 1 fully saturated rings. The van der Waals surface area contributed by atoms with Gasteiger partial charge in [-0.1, -0.05) is 0 Å². The molecule has 0 spiro atoms. The van der Waals surface area contributed by atoms with Crippen LogP contribution < -0.4 is 5.59 Å². The third-order valence-corrected chi connectivity index (χ3v) is 3.95. The minimum absolute atomic E-state index is 0.312. The van der Waals surface area contributed by atoms with Gasteiger partial charge in [0.05, 0.1) is 11.2 Å². The van der Waals surface area contributed by atoms with E-state index in [4.69, 9.17) is 9.31 Å². The summed E-state index contributed by atoms with van der Waals surface area (Å²) in [5, 5.41) is 1.07. The van der Waals surface area contributed by atoms with Crippen molar-refractivity contribution in [1.82, 2.24) is 9.97 Å². The zero-order chi connectivity index (χ0) is 13.0. The van der Waals surface area contributed by atoms with Gasteiger partial charge in [-0.15, -0.1) is 0 Å². The molecule has 4 nitrogen and oxygen atoms in total. The molecule has 0 aliphatic carbocycles. The van der Waals surface area contributed by atoms with E-state index < -0.39 is 0 Å². The highest BCUT2D eigenvalue weighted by Crippen LogP contribution is 2.36. The summed E-state index contributed by atoms with van der Waals surface area (Å²) in [5.41, 5.74) is 1.37.